The van der Waals surface area contributed by atoms with Gasteiger partial charge in [-0.2, -0.15) is 0 Å². The van der Waals surface area contributed by atoms with Gasteiger partial charge in [0.25, 0.3) is 0 Å². The highest BCUT2D eigenvalue weighted by Gasteiger charge is 2.03. The van der Waals surface area contributed by atoms with Crippen molar-refractivity contribution in [1.82, 2.24) is 4.98 Å². The summed E-state index contributed by atoms with van der Waals surface area (Å²) in [5.41, 5.74) is 0. The van der Waals surface area contributed by atoms with Gasteiger partial charge in [0.2, 0.25) is 0 Å². The van der Waals surface area contributed by atoms with E-state index in [9.17, 15) is 8.78 Å². The number of aromatic nitrogens is 1. The second kappa shape index (κ2) is 6.32. The second-order valence-electron chi connectivity index (χ2n) is 3.47. The molecule has 0 saturated heterocycles. The number of halogens is 2. The lowest BCUT2D eigenvalue weighted by Gasteiger charge is -2.05. The summed E-state index contributed by atoms with van der Waals surface area (Å²) in [6.07, 6.45) is 5.46. The molecule has 0 amide bonds. The monoisotopic (exact) mass is 214 g/mol. The number of pyridine rings is 1. The Bertz CT molecular complexity index is 303. The van der Waals surface area contributed by atoms with Crippen LogP contribution in [0.4, 0.5) is 14.6 Å². The summed E-state index contributed by atoms with van der Waals surface area (Å²) in [5.74, 6) is -1.15. The fourth-order valence-electron chi connectivity index (χ4n) is 1.30. The van der Waals surface area contributed by atoms with Gasteiger partial charge >= 0.3 is 0 Å². The molecule has 1 aromatic heterocycles. The summed E-state index contributed by atoms with van der Waals surface area (Å²) in [4.78, 5) is 3.63. The Labute approximate surface area is 88.7 Å². The van der Waals surface area contributed by atoms with Crippen LogP contribution < -0.4 is 5.32 Å². The maximum absolute atomic E-state index is 13.1. The zero-order valence-corrected chi connectivity index (χ0v) is 8.89. The summed E-state index contributed by atoms with van der Waals surface area (Å²) >= 11 is 0. The van der Waals surface area contributed by atoms with Crippen molar-refractivity contribution < 1.29 is 8.78 Å². The van der Waals surface area contributed by atoms with Gasteiger partial charge in [0, 0.05) is 12.6 Å². The molecule has 0 saturated carbocycles. The van der Waals surface area contributed by atoms with Crippen LogP contribution in [0.15, 0.2) is 12.3 Å². The molecule has 1 aromatic rings. The minimum atomic E-state index is -0.649. The molecular weight excluding hydrogens is 198 g/mol. The minimum absolute atomic E-state index is 0.132. The van der Waals surface area contributed by atoms with Gasteiger partial charge in [0.15, 0.2) is 11.6 Å². The molecule has 1 rings (SSSR count). The highest BCUT2D eigenvalue weighted by molar-refractivity contribution is 5.35. The summed E-state index contributed by atoms with van der Waals surface area (Å²) in [6, 6.07) is 0.835. The maximum Gasteiger partial charge on any atom is 0.168 e. The molecule has 0 aromatic carbocycles. The van der Waals surface area contributed by atoms with Crippen molar-refractivity contribution in [3.63, 3.8) is 0 Å². The van der Waals surface area contributed by atoms with Crippen molar-refractivity contribution in [1.29, 1.82) is 0 Å². The maximum atomic E-state index is 13.1. The molecule has 1 heterocycles. The van der Waals surface area contributed by atoms with E-state index in [1.807, 2.05) is 0 Å². The van der Waals surface area contributed by atoms with Crippen LogP contribution in [0.1, 0.15) is 32.6 Å². The number of nitrogens with one attached hydrogen (secondary N) is 1. The van der Waals surface area contributed by atoms with Crippen molar-refractivity contribution in [2.45, 2.75) is 32.6 Å². The van der Waals surface area contributed by atoms with Crippen LogP contribution in [0.5, 0.6) is 0 Å². The number of hydrogen-bond donors (Lipinski definition) is 1. The molecule has 0 atom stereocenters. The Balaban J connectivity index is 2.31. The van der Waals surface area contributed by atoms with Gasteiger partial charge in [-0.05, 0) is 6.42 Å². The first-order chi connectivity index (χ1) is 7.24. The topological polar surface area (TPSA) is 24.9 Å². The van der Waals surface area contributed by atoms with Gasteiger partial charge in [-0.15, -0.1) is 0 Å². The number of nitrogens with zero attached hydrogens (tertiary/aromatic N) is 1. The SMILES string of the molecule is CCCCCCNc1ncc(F)cc1F. The van der Waals surface area contributed by atoms with E-state index >= 15 is 0 Å². The molecular formula is C11H16F2N2. The van der Waals surface area contributed by atoms with Gasteiger partial charge in [-0.1, -0.05) is 26.2 Å². The third-order valence-corrected chi connectivity index (χ3v) is 2.13. The van der Waals surface area contributed by atoms with Crippen LogP contribution in [-0.2, 0) is 0 Å². The number of hydrogen-bond acceptors (Lipinski definition) is 2. The third-order valence-electron chi connectivity index (χ3n) is 2.13. The van der Waals surface area contributed by atoms with E-state index in [2.05, 4.69) is 17.2 Å². The normalized spacial score (nSPS) is 10.3. The van der Waals surface area contributed by atoms with E-state index < -0.39 is 11.6 Å². The van der Waals surface area contributed by atoms with E-state index in [0.29, 0.717) is 6.54 Å². The molecule has 4 heteroatoms. The van der Waals surface area contributed by atoms with Gasteiger partial charge in [0.1, 0.15) is 5.82 Å². The highest BCUT2D eigenvalue weighted by Crippen LogP contribution is 2.11. The quantitative estimate of drug-likeness (QED) is 0.734. The Kier molecular flexibility index (Phi) is 5.01. The molecule has 0 bridgehead atoms. The molecule has 0 radical (unpaired) electrons. The van der Waals surface area contributed by atoms with Gasteiger partial charge in [-0.3, -0.25) is 0 Å². The molecule has 0 aliphatic rings. The molecule has 0 spiro atoms. The average Bonchev–Trinajstić information content (AvgIpc) is 2.20. The lowest BCUT2D eigenvalue weighted by Crippen LogP contribution is -2.05. The van der Waals surface area contributed by atoms with Crippen LogP contribution in [0.3, 0.4) is 0 Å². The molecule has 0 fully saturated rings. The Morgan fingerprint density at radius 1 is 1.27 bits per heavy atom. The van der Waals surface area contributed by atoms with Crippen molar-refractivity contribution in [2.75, 3.05) is 11.9 Å². The zero-order valence-electron chi connectivity index (χ0n) is 8.89. The summed E-state index contributed by atoms with van der Waals surface area (Å²) < 4.78 is 25.6. The molecule has 0 aliphatic carbocycles. The first-order valence-electron chi connectivity index (χ1n) is 5.29. The Hall–Kier alpha value is -1.19. The van der Waals surface area contributed by atoms with Crippen molar-refractivity contribution in [2.24, 2.45) is 0 Å². The van der Waals surface area contributed by atoms with Gasteiger partial charge in [-0.25, -0.2) is 13.8 Å². The van der Waals surface area contributed by atoms with Crippen molar-refractivity contribution in [3.05, 3.63) is 23.9 Å². The standard InChI is InChI=1S/C11H16F2N2/c1-2-3-4-5-6-14-11-10(13)7-9(12)8-15-11/h7-8H,2-6H2,1H3,(H,14,15). The summed E-state index contributed by atoms with van der Waals surface area (Å²) in [7, 11) is 0. The van der Waals surface area contributed by atoms with Crippen molar-refractivity contribution in [3.8, 4) is 0 Å². The molecule has 2 nitrogen and oxygen atoms in total. The van der Waals surface area contributed by atoms with Crippen LogP contribution >= 0.6 is 0 Å². The predicted octanol–water partition coefficient (Wildman–Crippen LogP) is 3.35. The first kappa shape index (κ1) is 11.9. The molecule has 0 unspecified atom stereocenters. The van der Waals surface area contributed by atoms with Crippen LogP contribution in [0.2, 0.25) is 0 Å². The smallest absolute Gasteiger partial charge is 0.168 e. The number of unbranched alkanes of at least 4 members (excludes halogenated alkanes) is 3. The average molecular weight is 214 g/mol. The first-order valence-corrected chi connectivity index (χ1v) is 5.29. The van der Waals surface area contributed by atoms with Crippen LogP contribution in [-0.4, -0.2) is 11.5 Å². The number of rotatable bonds is 6. The lowest BCUT2D eigenvalue weighted by molar-refractivity contribution is 0.574. The van der Waals surface area contributed by atoms with Gasteiger partial charge in [0.05, 0.1) is 6.20 Å². The zero-order chi connectivity index (χ0) is 11.1. The Morgan fingerprint density at radius 3 is 2.73 bits per heavy atom. The van der Waals surface area contributed by atoms with E-state index in [0.717, 1.165) is 25.1 Å². The largest absolute Gasteiger partial charge is 0.368 e. The van der Waals surface area contributed by atoms with E-state index in [1.54, 1.807) is 0 Å². The predicted molar refractivity (Wildman–Crippen MR) is 56.8 cm³/mol. The van der Waals surface area contributed by atoms with Crippen LogP contribution in [0, 0.1) is 11.6 Å². The summed E-state index contributed by atoms with van der Waals surface area (Å²) in [6.45, 7) is 2.81. The summed E-state index contributed by atoms with van der Waals surface area (Å²) in [5, 5.41) is 2.85. The molecule has 84 valence electrons. The molecule has 1 N–H and O–H groups in total. The van der Waals surface area contributed by atoms with Crippen molar-refractivity contribution >= 4 is 5.82 Å². The van der Waals surface area contributed by atoms with E-state index in [4.69, 9.17) is 0 Å². The Morgan fingerprint density at radius 2 is 2.07 bits per heavy atom. The lowest BCUT2D eigenvalue weighted by atomic mass is 10.2. The fourth-order valence-corrected chi connectivity index (χ4v) is 1.30. The second-order valence-corrected chi connectivity index (χ2v) is 3.47. The van der Waals surface area contributed by atoms with Gasteiger partial charge < -0.3 is 5.32 Å². The number of anilines is 1. The molecule has 15 heavy (non-hydrogen) atoms. The molecule has 0 aliphatic heterocycles. The van der Waals surface area contributed by atoms with E-state index in [1.165, 1.54) is 12.8 Å². The highest BCUT2D eigenvalue weighted by atomic mass is 19.1. The van der Waals surface area contributed by atoms with E-state index in [-0.39, 0.29) is 5.82 Å². The van der Waals surface area contributed by atoms with Crippen LogP contribution in [0.25, 0.3) is 0 Å². The third kappa shape index (κ3) is 4.23. The minimum Gasteiger partial charge on any atom is -0.368 e. The fraction of sp³-hybridized carbons (Fsp3) is 0.545.